The van der Waals surface area contributed by atoms with Crippen LogP contribution in [0.1, 0.15) is 20.8 Å². The highest BCUT2D eigenvalue weighted by Gasteiger charge is 2.14. The van der Waals surface area contributed by atoms with Crippen LogP contribution in [-0.4, -0.2) is 36.5 Å². The molecule has 0 saturated carbocycles. The second kappa shape index (κ2) is 6.27. The van der Waals surface area contributed by atoms with Crippen LogP contribution in [-0.2, 0) is 4.79 Å². The number of amides is 1. The van der Waals surface area contributed by atoms with E-state index in [0.717, 1.165) is 13.1 Å². The fourth-order valence-corrected chi connectivity index (χ4v) is 1.03. The van der Waals surface area contributed by atoms with Gasteiger partial charge in [0.15, 0.2) is 0 Å². The van der Waals surface area contributed by atoms with Gasteiger partial charge in [0, 0.05) is 31.3 Å². The molecule has 0 aromatic heterocycles. The molecule has 0 aromatic carbocycles. The minimum absolute atomic E-state index is 0.0333. The standard InChI is InChI=1S/C9H20N2OS/c1-8(12)11-6-5-10-7-9(2,3)13-4/h10H,5-7H2,1-4H3,(H,11,12). The first-order chi connectivity index (χ1) is 5.98. The lowest BCUT2D eigenvalue weighted by molar-refractivity contribution is -0.118. The summed E-state index contributed by atoms with van der Waals surface area (Å²) in [6.07, 6.45) is 2.11. The van der Waals surface area contributed by atoms with Crippen molar-refractivity contribution in [1.82, 2.24) is 10.6 Å². The number of carbonyl (C=O) groups is 1. The summed E-state index contributed by atoms with van der Waals surface area (Å²) in [5.41, 5.74) is 0. The maximum absolute atomic E-state index is 10.5. The fraction of sp³-hybridized carbons (Fsp3) is 0.889. The number of rotatable bonds is 6. The van der Waals surface area contributed by atoms with Gasteiger partial charge in [-0.25, -0.2) is 0 Å². The Morgan fingerprint density at radius 1 is 1.38 bits per heavy atom. The minimum atomic E-state index is 0.0333. The molecule has 1 amide bonds. The van der Waals surface area contributed by atoms with Gasteiger partial charge in [0.25, 0.3) is 0 Å². The van der Waals surface area contributed by atoms with Crippen molar-refractivity contribution in [3.05, 3.63) is 0 Å². The van der Waals surface area contributed by atoms with E-state index in [-0.39, 0.29) is 10.7 Å². The van der Waals surface area contributed by atoms with Gasteiger partial charge in [-0.05, 0) is 20.1 Å². The maximum Gasteiger partial charge on any atom is 0.216 e. The first kappa shape index (κ1) is 12.8. The highest BCUT2D eigenvalue weighted by Crippen LogP contribution is 2.19. The van der Waals surface area contributed by atoms with Crippen molar-refractivity contribution < 1.29 is 4.79 Å². The van der Waals surface area contributed by atoms with Crippen LogP contribution < -0.4 is 10.6 Å². The summed E-state index contributed by atoms with van der Waals surface area (Å²) in [7, 11) is 0. The van der Waals surface area contributed by atoms with Crippen LogP contribution >= 0.6 is 11.8 Å². The molecule has 0 radical (unpaired) electrons. The molecule has 0 saturated heterocycles. The number of nitrogens with one attached hydrogen (secondary N) is 2. The summed E-state index contributed by atoms with van der Waals surface area (Å²) in [5, 5.41) is 6.04. The van der Waals surface area contributed by atoms with E-state index in [1.54, 1.807) is 0 Å². The Labute approximate surface area is 85.0 Å². The largest absolute Gasteiger partial charge is 0.355 e. The quantitative estimate of drug-likeness (QED) is 0.630. The Kier molecular flexibility index (Phi) is 6.16. The van der Waals surface area contributed by atoms with Crippen LogP contribution in [0.4, 0.5) is 0 Å². The maximum atomic E-state index is 10.5. The summed E-state index contributed by atoms with van der Waals surface area (Å²) in [6.45, 7) is 8.44. The molecule has 0 aromatic rings. The van der Waals surface area contributed by atoms with E-state index in [0.29, 0.717) is 6.54 Å². The predicted molar refractivity (Wildman–Crippen MR) is 59.1 cm³/mol. The van der Waals surface area contributed by atoms with E-state index in [1.165, 1.54) is 6.92 Å². The zero-order valence-electron chi connectivity index (χ0n) is 8.94. The van der Waals surface area contributed by atoms with Crippen LogP contribution in [0.5, 0.6) is 0 Å². The molecule has 2 N–H and O–H groups in total. The van der Waals surface area contributed by atoms with Gasteiger partial charge in [-0.2, -0.15) is 11.8 Å². The molecular formula is C9H20N2OS. The molecule has 78 valence electrons. The molecular weight excluding hydrogens is 184 g/mol. The van der Waals surface area contributed by atoms with Crippen molar-refractivity contribution in [1.29, 1.82) is 0 Å². The average molecular weight is 204 g/mol. The molecule has 0 unspecified atom stereocenters. The second-order valence-electron chi connectivity index (χ2n) is 3.62. The van der Waals surface area contributed by atoms with Crippen molar-refractivity contribution in [3.8, 4) is 0 Å². The van der Waals surface area contributed by atoms with E-state index in [1.807, 2.05) is 11.8 Å². The lowest BCUT2D eigenvalue weighted by Crippen LogP contribution is -2.37. The molecule has 0 atom stereocenters. The first-order valence-corrected chi connectivity index (χ1v) is 5.71. The Morgan fingerprint density at radius 2 is 2.00 bits per heavy atom. The van der Waals surface area contributed by atoms with E-state index in [9.17, 15) is 4.79 Å². The summed E-state index contributed by atoms with van der Waals surface area (Å²) >= 11 is 1.84. The second-order valence-corrected chi connectivity index (χ2v) is 5.14. The Hall–Kier alpha value is -0.220. The van der Waals surface area contributed by atoms with Crippen molar-refractivity contribution >= 4 is 17.7 Å². The van der Waals surface area contributed by atoms with Crippen molar-refractivity contribution in [2.75, 3.05) is 25.9 Å². The van der Waals surface area contributed by atoms with Crippen molar-refractivity contribution in [2.24, 2.45) is 0 Å². The van der Waals surface area contributed by atoms with Crippen molar-refractivity contribution in [3.63, 3.8) is 0 Å². The smallest absolute Gasteiger partial charge is 0.216 e. The SMILES string of the molecule is CSC(C)(C)CNCCNC(C)=O. The molecule has 0 bridgehead atoms. The molecule has 0 aliphatic heterocycles. The molecule has 4 heteroatoms. The van der Waals surface area contributed by atoms with E-state index < -0.39 is 0 Å². The lowest BCUT2D eigenvalue weighted by atomic mass is 10.2. The van der Waals surface area contributed by atoms with Crippen LogP contribution in [0.2, 0.25) is 0 Å². The highest BCUT2D eigenvalue weighted by atomic mass is 32.2. The third-order valence-corrected chi connectivity index (χ3v) is 3.03. The van der Waals surface area contributed by atoms with Crippen LogP contribution in [0.3, 0.4) is 0 Å². The zero-order valence-corrected chi connectivity index (χ0v) is 9.75. The normalized spacial score (nSPS) is 11.4. The van der Waals surface area contributed by atoms with Gasteiger partial charge in [-0.1, -0.05) is 0 Å². The molecule has 0 spiro atoms. The summed E-state index contributed by atoms with van der Waals surface area (Å²) in [6, 6.07) is 0. The minimum Gasteiger partial charge on any atom is -0.355 e. The Bertz CT molecular complexity index is 160. The number of thioether (sulfide) groups is 1. The van der Waals surface area contributed by atoms with Gasteiger partial charge >= 0.3 is 0 Å². The molecule has 13 heavy (non-hydrogen) atoms. The highest BCUT2D eigenvalue weighted by molar-refractivity contribution is 7.99. The van der Waals surface area contributed by atoms with E-state index in [4.69, 9.17) is 0 Å². The lowest BCUT2D eigenvalue weighted by Gasteiger charge is -2.22. The summed E-state index contributed by atoms with van der Waals surface area (Å²) < 4.78 is 0.274. The number of hydrogen-bond acceptors (Lipinski definition) is 3. The van der Waals surface area contributed by atoms with Crippen LogP contribution in [0.25, 0.3) is 0 Å². The number of carbonyl (C=O) groups excluding carboxylic acids is 1. The van der Waals surface area contributed by atoms with Gasteiger partial charge < -0.3 is 10.6 Å². The van der Waals surface area contributed by atoms with Crippen LogP contribution in [0, 0.1) is 0 Å². The predicted octanol–water partition coefficient (Wildman–Crippen LogP) is 0.854. The molecule has 3 nitrogen and oxygen atoms in total. The molecule has 0 heterocycles. The van der Waals surface area contributed by atoms with Gasteiger partial charge in [-0.3, -0.25) is 4.79 Å². The third-order valence-electron chi connectivity index (χ3n) is 1.78. The van der Waals surface area contributed by atoms with Crippen LogP contribution in [0.15, 0.2) is 0 Å². The van der Waals surface area contributed by atoms with E-state index >= 15 is 0 Å². The molecule has 0 fully saturated rings. The Balaban J connectivity index is 3.30. The van der Waals surface area contributed by atoms with Gasteiger partial charge in [0.1, 0.15) is 0 Å². The van der Waals surface area contributed by atoms with Gasteiger partial charge in [0.05, 0.1) is 0 Å². The van der Waals surface area contributed by atoms with E-state index in [2.05, 4.69) is 30.7 Å². The zero-order chi connectivity index (χ0) is 10.3. The van der Waals surface area contributed by atoms with Crippen molar-refractivity contribution in [2.45, 2.75) is 25.5 Å². The fourth-order valence-electron chi connectivity index (χ4n) is 0.789. The molecule has 0 aliphatic rings. The first-order valence-electron chi connectivity index (χ1n) is 4.48. The monoisotopic (exact) mass is 204 g/mol. The third kappa shape index (κ3) is 8.12. The topological polar surface area (TPSA) is 41.1 Å². The average Bonchev–Trinajstić information content (AvgIpc) is 2.03. The molecule has 0 rings (SSSR count). The summed E-state index contributed by atoms with van der Waals surface area (Å²) in [5.74, 6) is 0.0333. The summed E-state index contributed by atoms with van der Waals surface area (Å²) in [4.78, 5) is 10.5. The molecule has 0 aliphatic carbocycles. The van der Waals surface area contributed by atoms with Gasteiger partial charge in [0.2, 0.25) is 5.91 Å². The van der Waals surface area contributed by atoms with Gasteiger partial charge in [-0.15, -0.1) is 0 Å². The number of hydrogen-bond donors (Lipinski definition) is 2. The Morgan fingerprint density at radius 3 is 2.46 bits per heavy atom.